The minimum atomic E-state index is -0.317. The Morgan fingerprint density at radius 3 is 1.01 bits per heavy atom. The first-order valence-electron chi connectivity index (χ1n) is 34.0. The van der Waals surface area contributed by atoms with Crippen molar-refractivity contribution in [1.29, 1.82) is 0 Å². The van der Waals surface area contributed by atoms with Gasteiger partial charge in [-0.05, 0) is 159 Å². The lowest BCUT2D eigenvalue weighted by atomic mass is 10.0. The molecule has 0 N–H and O–H groups in total. The second kappa shape index (κ2) is 24.3. The second-order valence-electron chi connectivity index (χ2n) is 25.7. The Bertz CT molecular complexity index is 7100. The van der Waals surface area contributed by atoms with Gasteiger partial charge in [-0.15, -0.1) is 0 Å². The highest BCUT2D eigenvalue weighted by Crippen LogP contribution is 2.41. The summed E-state index contributed by atoms with van der Waals surface area (Å²) in [6, 6.07) is 118. The lowest BCUT2D eigenvalue weighted by Crippen LogP contribution is -2.02. The Kier molecular flexibility index (Phi) is 14.1. The summed E-state index contributed by atoms with van der Waals surface area (Å²) in [5.74, 6) is 0. The van der Waals surface area contributed by atoms with Crippen molar-refractivity contribution >= 4 is 131 Å². The van der Waals surface area contributed by atoms with Crippen LogP contribution in [0.5, 0.6) is 0 Å². The van der Waals surface area contributed by atoms with E-state index in [-0.39, 0.29) is 16.9 Å². The minimum absolute atomic E-state index is 0.304. The van der Waals surface area contributed by atoms with Gasteiger partial charge in [-0.2, -0.15) is 0 Å². The predicted molar refractivity (Wildman–Crippen MR) is 419 cm³/mol. The number of nitrogens with zero attached hydrogens (tertiary/aromatic N) is 3. The molecular weight excluding hydrogens is 1260 g/mol. The maximum Gasteiger partial charge on any atom is 0.344 e. The fourth-order valence-electron chi connectivity index (χ4n) is 15.2. The van der Waals surface area contributed by atoms with Crippen LogP contribution in [0.4, 0.5) is 0 Å². The van der Waals surface area contributed by atoms with Crippen LogP contribution in [-0.2, 0) is 0 Å². The van der Waals surface area contributed by atoms with Gasteiger partial charge in [-0.3, -0.25) is 0 Å². The highest BCUT2D eigenvalue weighted by Gasteiger charge is 2.21. The van der Waals surface area contributed by atoms with E-state index in [0.29, 0.717) is 32.9 Å². The Labute approximate surface area is 581 Å². The molecule has 0 atom stereocenters. The molecule has 21 rings (SSSR count). The van der Waals surface area contributed by atoms with Crippen LogP contribution in [0.15, 0.2) is 373 Å². The van der Waals surface area contributed by atoms with Crippen molar-refractivity contribution < 1.29 is 13.3 Å². The molecule has 6 aromatic heterocycles. The molecule has 480 valence electrons. The van der Waals surface area contributed by atoms with Crippen LogP contribution in [0.3, 0.4) is 0 Å². The van der Waals surface area contributed by atoms with Crippen LogP contribution >= 0.6 is 0 Å². The maximum absolute atomic E-state index is 12.9. The summed E-state index contributed by atoms with van der Waals surface area (Å²) >= 11 is 0. The minimum Gasteiger partial charge on any atom is -0.422 e. The average Bonchev–Trinajstić information content (AvgIpc) is 1.53. The predicted octanol–water partition coefficient (Wildman–Crippen LogP) is 23.1. The third-order valence-electron chi connectivity index (χ3n) is 19.9. The molecule has 0 aliphatic carbocycles. The van der Waals surface area contributed by atoms with E-state index in [1.165, 1.54) is 54.9 Å². The molecular formula is C93H57N3O6. The Morgan fingerprint density at radius 1 is 0.186 bits per heavy atom. The van der Waals surface area contributed by atoms with Gasteiger partial charge in [-0.1, -0.05) is 231 Å². The number of aromatic nitrogens is 3. The third-order valence-corrected chi connectivity index (χ3v) is 19.9. The molecule has 0 aliphatic rings. The van der Waals surface area contributed by atoms with Crippen molar-refractivity contribution in [3.05, 3.63) is 377 Å². The number of benzene rings is 15. The molecule has 6 heterocycles. The van der Waals surface area contributed by atoms with Gasteiger partial charge in [0.1, 0.15) is 11.2 Å². The molecule has 0 spiro atoms. The summed E-state index contributed by atoms with van der Waals surface area (Å²) in [6.45, 7) is 0. The highest BCUT2D eigenvalue weighted by atomic mass is 16.4. The molecule has 0 radical (unpaired) electrons. The Hall–Kier alpha value is -13.9. The first-order valence-corrected chi connectivity index (χ1v) is 34.0. The zero-order valence-electron chi connectivity index (χ0n) is 54.7. The molecule has 15 aromatic carbocycles. The molecule has 102 heavy (non-hydrogen) atoms. The number of hydrogen-bond acceptors (Lipinski definition) is 6. The first kappa shape index (κ1) is 59.4. The molecule has 9 heteroatoms. The van der Waals surface area contributed by atoms with Gasteiger partial charge in [0, 0.05) is 65.9 Å². The smallest absolute Gasteiger partial charge is 0.344 e. The molecule has 0 saturated heterocycles. The zero-order chi connectivity index (χ0) is 67.9. The van der Waals surface area contributed by atoms with E-state index < -0.39 is 0 Å². The van der Waals surface area contributed by atoms with Crippen molar-refractivity contribution in [1.82, 2.24) is 13.7 Å². The zero-order valence-corrected chi connectivity index (χ0v) is 54.7. The molecule has 0 unspecified atom stereocenters. The Morgan fingerprint density at radius 2 is 0.529 bits per heavy atom. The fourth-order valence-corrected chi connectivity index (χ4v) is 15.2. The van der Waals surface area contributed by atoms with Crippen LogP contribution in [-0.4, -0.2) is 13.7 Å². The quantitative estimate of drug-likeness (QED) is 0.121. The van der Waals surface area contributed by atoms with Crippen LogP contribution in [0, 0.1) is 0 Å². The van der Waals surface area contributed by atoms with Crippen LogP contribution in [0.2, 0.25) is 0 Å². The van der Waals surface area contributed by atoms with E-state index in [1.54, 1.807) is 0 Å². The van der Waals surface area contributed by atoms with E-state index in [4.69, 9.17) is 13.3 Å². The van der Waals surface area contributed by atoms with E-state index in [2.05, 4.69) is 226 Å². The molecule has 0 aliphatic heterocycles. The number of hydrogen-bond donors (Lipinski definition) is 0. The highest BCUT2D eigenvalue weighted by molar-refractivity contribution is 6.15. The fraction of sp³-hybridized carbons (Fsp3) is 0. The molecule has 0 amide bonds. The van der Waals surface area contributed by atoms with Crippen LogP contribution in [0.25, 0.3) is 181 Å². The monoisotopic (exact) mass is 1310 g/mol. The summed E-state index contributed by atoms with van der Waals surface area (Å²) in [5, 5.41) is 14.4. The van der Waals surface area contributed by atoms with E-state index in [1.807, 2.05) is 133 Å². The molecule has 0 saturated carbocycles. The number of fused-ring (bicyclic) bond motifs is 18. The normalized spacial score (nSPS) is 11.6. The standard InChI is InChI=1S/3C31H19NO2/c33-31-25-13-5-4-11-22(25)24-14-8-16-29(30(24)34-31)32-27-15-7-6-12-23(27)26-19-21(17-18-28(26)32)20-9-2-1-3-10-20;33-31-26-12-5-4-10-23(26)25-16-15-22(19-30(25)34-31)32-28-13-7-6-11-24(28)27-18-21(14-17-29(27)32)20-8-2-1-3-9-20;33-31-25-12-5-4-10-23(25)27-19-22(15-17-30(27)34-31)32-28-13-7-6-11-24(28)26-18-21(14-16-29(26)32)20-8-2-1-3-9-20/h3*1-19H. The van der Waals surface area contributed by atoms with Gasteiger partial charge in [0.05, 0.1) is 54.9 Å². The molecule has 0 fully saturated rings. The summed E-state index contributed by atoms with van der Waals surface area (Å²) < 4.78 is 24.1. The van der Waals surface area contributed by atoms with Crippen LogP contribution in [0.1, 0.15) is 0 Å². The summed E-state index contributed by atoms with van der Waals surface area (Å²) in [4.78, 5) is 37.9. The van der Waals surface area contributed by atoms with Crippen molar-refractivity contribution in [2.45, 2.75) is 0 Å². The summed E-state index contributed by atoms with van der Waals surface area (Å²) in [7, 11) is 0. The average molecular weight is 1310 g/mol. The van der Waals surface area contributed by atoms with E-state index >= 15 is 0 Å². The molecule has 9 nitrogen and oxygen atoms in total. The number of rotatable bonds is 6. The van der Waals surface area contributed by atoms with Crippen molar-refractivity contribution in [3.63, 3.8) is 0 Å². The molecule has 0 bridgehead atoms. The summed E-state index contributed by atoms with van der Waals surface area (Å²) in [6.07, 6.45) is 0. The number of para-hydroxylation sites is 4. The van der Waals surface area contributed by atoms with Crippen molar-refractivity contribution in [3.8, 4) is 50.4 Å². The first-order chi connectivity index (χ1) is 50.3. The van der Waals surface area contributed by atoms with Crippen molar-refractivity contribution in [2.24, 2.45) is 0 Å². The topological polar surface area (TPSA) is 105 Å². The summed E-state index contributed by atoms with van der Waals surface area (Å²) in [5.41, 5.74) is 17.5. The maximum atomic E-state index is 12.9. The molecule has 21 aromatic rings. The van der Waals surface area contributed by atoms with E-state index in [9.17, 15) is 14.4 Å². The third kappa shape index (κ3) is 9.89. The van der Waals surface area contributed by atoms with Gasteiger partial charge in [0.2, 0.25) is 0 Å². The van der Waals surface area contributed by atoms with Crippen LogP contribution < -0.4 is 16.9 Å². The lowest BCUT2D eigenvalue weighted by molar-refractivity contribution is 0.568. The second-order valence-corrected chi connectivity index (χ2v) is 25.7. The van der Waals surface area contributed by atoms with Gasteiger partial charge in [0.15, 0.2) is 5.58 Å². The van der Waals surface area contributed by atoms with Crippen molar-refractivity contribution in [2.75, 3.05) is 0 Å². The van der Waals surface area contributed by atoms with E-state index in [0.717, 1.165) is 93.3 Å². The SMILES string of the molecule is O=c1oc2c(-n3c4ccccc4c4cc(-c5ccccc5)ccc43)cccc2c2ccccc12.O=c1oc2cc(-n3c4ccccc4c4cc(-c5ccccc5)ccc43)ccc2c2ccccc12.O=c1oc2ccc(-n3c4ccccc4c4cc(-c5ccccc5)ccc43)cc2c2ccccc12. The van der Waals surface area contributed by atoms with Gasteiger partial charge in [0.25, 0.3) is 0 Å². The lowest BCUT2D eigenvalue weighted by Gasteiger charge is -2.11. The largest absolute Gasteiger partial charge is 0.422 e. The van der Waals surface area contributed by atoms with Gasteiger partial charge >= 0.3 is 16.9 Å². The Balaban J connectivity index is 0.000000106. The van der Waals surface area contributed by atoms with Gasteiger partial charge < -0.3 is 27.0 Å². The van der Waals surface area contributed by atoms with Gasteiger partial charge in [-0.25, -0.2) is 14.4 Å².